The lowest BCUT2D eigenvalue weighted by Gasteiger charge is -2.13. The van der Waals surface area contributed by atoms with Crippen LogP contribution in [0.3, 0.4) is 0 Å². The van der Waals surface area contributed by atoms with Gasteiger partial charge in [0.1, 0.15) is 0 Å². The maximum atomic E-state index is 13.1. The summed E-state index contributed by atoms with van der Waals surface area (Å²) in [6.45, 7) is 8.75. The summed E-state index contributed by atoms with van der Waals surface area (Å²) in [5, 5.41) is 1.49. The largest absolute Gasteiger partial charge is 0.462 e. The van der Waals surface area contributed by atoms with E-state index in [9.17, 15) is 9.59 Å². The molecule has 4 rings (SSSR count). The Labute approximate surface area is 211 Å². The Bertz CT molecular complexity index is 1430. The second kappa shape index (κ2) is 11.3. The molecule has 0 saturated carbocycles. The molecule has 0 unspecified atom stereocenters. The van der Waals surface area contributed by atoms with Gasteiger partial charge in [-0.15, -0.1) is 0 Å². The van der Waals surface area contributed by atoms with Crippen LogP contribution in [0.4, 0.5) is 0 Å². The Kier molecular flexibility index (Phi) is 7.93. The van der Waals surface area contributed by atoms with Crippen LogP contribution in [0.2, 0.25) is 0 Å². The van der Waals surface area contributed by atoms with Gasteiger partial charge in [-0.3, -0.25) is 0 Å². The normalized spacial score (nSPS) is 11.1. The van der Waals surface area contributed by atoms with Gasteiger partial charge < -0.3 is 9.47 Å². The number of esters is 2. The number of aromatic nitrogens is 2. The summed E-state index contributed by atoms with van der Waals surface area (Å²) in [5.41, 5.74) is 5.19. The highest BCUT2D eigenvalue weighted by molar-refractivity contribution is 6.07. The predicted molar refractivity (Wildman–Crippen MR) is 142 cm³/mol. The first-order valence-electron chi connectivity index (χ1n) is 12.6. The zero-order valence-corrected chi connectivity index (χ0v) is 21.4. The molecule has 0 spiro atoms. The van der Waals surface area contributed by atoms with Gasteiger partial charge in [-0.1, -0.05) is 50.5 Å². The van der Waals surface area contributed by atoms with Crippen LogP contribution in [0.1, 0.15) is 71.4 Å². The quantitative estimate of drug-likeness (QED) is 0.188. The Balaban J connectivity index is 1.87. The van der Waals surface area contributed by atoms with Gasteiger partial charge in [-0.2, -0.15) is 0 Å². The summed E-state index contributed by atoms with van der Waals surface area (Å²) in [5.74, 6) is -0.777. The average molecular weight is 485 g/mol. The second-order valence-electron chi connectivity index (χ2n) is 9.08. The first-order valence-corrected chi connectivity index (χ1v) is 12.6. The van der Waals surface area contributed by atoms with Crippen molar-refractivity contribution in [1.82, 2.24) is 9.97 Å². The van der Waals surface area contributed by atoms with Gasteiger partial charge >= 0.3 is 11.9 Å². The molecule has 6 nitrogen and oxygen atoms in total. The zero-order chi connectivity index (χ0) is 25.7. The number of rotatable bonds is 9. The molecule has 0 radical (unpaired) electrons. The Morgan fingerprint density at radius 1 is 0.750 bits per heavy atom. The van der Waals surface area contributed by atoms with Crippen molar-refractivity contribution in [2.75, 3.05) is 13.2 Å². The molecule has 0 atom stereocenters. The van der Waals surface area contributed by atoms with Crippen molar-refractivity contribution in [2.24, 2.45) is 0 Å². The number of unbranched alkanes of at least 4 members (excludes halogenated alkanes) is 2. The molecule has 2 aromatic carbocycles. The molecular weight excluding hydrogens is 452 g/mol. The van der Waals surface area contributed by atoms with E-state index in [1.54, 1.807) is 12.1 Å². The summed E-state index contributed by atoms with van der Waals surface area (Å²) < 4.78 is 11.1. The third-order valence-corrected chi connectivity index (χ3v) is 6.17. The third-order valence-electron chi connectivity index (χ3n) is 6.17. The number of carbonyl (C=O) groups is 2. The minimum Gasteiger partial charge on any atom is -0.462 e. The maximum Gasteiger partial charge on any atom is 0.338 e. The molecule has 6 heteroatoms. The van der Waals surface area contributed by atoms with Gasteiger partial charge in [0.15, 0.2) is 0 Å². The molecule has 2 heterocycles. The Morgan fingerprint density at radius 3 is 2.03 bits per heavy atom. The lowest BCUT2D eigenvalue weighted by Crippen LogP contribution is -2.10. The lowest BCUT2D eigenvalue weighted by atomic mass is 10.0. The standard InChI is InChI=1S/C30H32N2O4/c1-5-7-14-35-29(33)22-17-26(31-24-13-12-19(3)16-21(22)24)27-18-23(30(34)36-15-8-6-2)28-20(4)10-9-11-25(28)32-27/h9-13,16-18H,5-8,14-15H2,1-4H3. The first kappa shape index (κ1) is 25.3. The van der Waals surface area contributed by atoms with Gasteiger partial charge in [-0.25, -0.2) is 19.6 Å². The van der Waals surface area contributed by atoms with Crippen LogP contribution >= 0.6 is 0 Å². The highest BCUT2D eigenvalue weighted by atomic mass is 16.5. The van der Waals surface area contributed by atoms with Gasteiger partial charge in [0, 0.05) is 10.8 Å². The van der Waals surface area contributed by atoms with E-state index in [1.165, 1.54) is 0 Å². The van der Waals surface area contributed by atoms with E-state index in [0.29, 0.717) is 46.8 Å². The summed E-state index contributed by atoms with van der Waals surface area (Å²) >= 11 is 0. The number of pyridine rings is 2. The van der Waals surface area contributed by atoms with E-state index in [2.05, 4.69) is 13.8 Å². The van der Waals surface area contributed by atoms with Crippen molar-refractivity contribution in [3.05, 3.63) is 70.8 Å². The molecule has 2 aromatic heterocycles. The first-order chi connectivity index (χ1) is 17.4. The molecule has 0 amide bonds. The van der Waals surface area contributed by atoms with E-state index in [-0.39, 0.29) is 5.97 Å². The van der Waals surface area contributed by atoms with Crippen LogP contribution in [-0.4, -0.2) is 35.1 Å². The van der Waals surface area contributed by atoms with Crippen LogP contribution in [0.15, 0.2) is 48.5 Å². The van der Waals surface area contributed by atoms with Gasteiger partial charge in [0.25, 0.3) is 0 Å². The van der Waals surface area contributed by atoms with Crippen LogP contribution < -0.4 is 0 Å². The van der Waals surface area contributed by atoms with Gasteiger partial charge in [0.2, 0.25) is 0 Å². The topological polar surface area (TPSA) is 78.4 Å². The van der Waals surface area contributed by atoms with Crippen molar-refractivity contribution in [3.63, 3.8) is 0 Å². The van der Waals surface area contributed by atoms with E-state index < -0.39 is 5.97 Å². The van der Waals surface area contributed by atoms with Crippen LogP contribution in [0.5, 0.6) is 0 Å². The highest BCUT2D eigenvalue weighted by Crippen LogP contribution is 2.30. The molecule has 0 aliphatic heterocycles. The average Bonchev–Trinajstić information content (AvgIpc) is 2.87. The summed E-state index contributed by atoms with van der Waals surface area (Å²) in [6.07, 6.45) is 3.48. The smallest absolute Gasteiger partial charge is 0.338 e. The number of ether oxygens (including phenoxy) is 2. The number of hydrogen-bond acceptors (Lipinski definition) is 6. The summed E-state index contributed by atoms with van der Waals surface area (Å²) in [6, 6.07) is 15.0. The van der Waals surface area contributed by atoms with E-state index in [4.69, 9.17) is 19.4 Å². The molecule has 36 heavy (non-hydrogen) atoms. The Hall–Kier alpha value is -3.80. The van der Waals surface area contributed by atoms with Crippen molar-refractivity contribution in [2.45, 2.75) is 53.4 Å². The number of carbonyl (C=O) groups excluding carboxylic acids is 2. The van der Waals surface area contributed by atoms with Crippen LogP contribution in [0, 0.1) is 13.8 Å². The fourth-order valence-corrected chi connectivity index (χ4v) is 4.17. The molecule has 0 fully saturated rings. The number of aryl methyl sites for hydroxylation is 2. The molecule has 4 aromatic rings. The molecule has 0 aliphatic carbocycles. The monoisotopic (exact) mass is 484 g/mol. The second-order valence-corrected chi connectivity index (χ2v) is 9.08. The lowest BCUT2D eigenvalue weighted by molar-refractivity contribution is 0.0492. The number of fused-ring (bicyclic) bond motifs is 2. The zero-order valence-electron chi connectivity index (χ0n) is 21.4. The summed E-state index contributed by atoms with van der Waals surface area (Å²) in [4.78, 5) is 35.8. The van der Waals surface area contributed by atoms with Crippen molar-refractivity contribution >= 4 is 33.7 Å². The highest BCUT2D eigenvalue weighted by Gasteiger charge is 2.20. The SMILES string of the molecule is CCCCOC(=O)c1cc(-c2cc(C(=O)OCCCC)c3c(C)cccc3n2)nc2ccc(C)cc12. The number of hydrogen-bond donors (Lipinski definition) is 0. The molecule has 0 N–H and O–H groups in total. The van der Waals surface area contributed by atoms with Gasteiger partial charge in [-0.05, 0) is 62.6 Å². The predicted octanol–water partition coefficient (Wildman–Crippen LogP) is 6.98. The summed E-state index contributed by atoms with van der Waals surface area (Å²) in [7, 11) is 0. The van der Waals surface area contributed by atoms with Crippen molar-refractivity contribution < 1.29 is 19.1 Å². The van der Waals surface area contributed by atoms with E-state index in [1.807, 2.05) is 50.2 Å². The number of benzene rings is 2. The van der Waals surface area contributed by atoms with E-state index in [0.717, 1.165) is 47.6 Å². The maximum absolute atomic E-state index is 13.1. The third kappa shape index (κ3) is 5.38. The van der Waals surface area contributed by atoms with Gasteiger partial charge in [0.05, 0.1) is 46.8 Å². The fraction of sp³-hybridized carbons (Fsp3) is 0.333. The Morgan fingerprint density at radius 2 is 1.36 bits per heavy atom. The molecule has 186 valence electrons. The fourth-order valence-electron chi connectivity index (χ4n) is 4.17. The molecule has 0 bridgehead atoms. The molecule has 0 aliphatic rings. The van der Waals surface area contributed by atoms with Crippen LogP contribution in [-0.2, 0) is 9.47 Å². The van der Waals surface area contributed by atoms with Crippen LogP contribution in [0.25, 0.3) is 33.2 Å². The minimum atomic E-state index is -0.390. The van der Waals surface area contributed by atoms with Crippen molar-refractivity contribution in [1.29, 1.82) is 0 Å². The van der Waals surface area contributed by atoms with E-state index >= 15 is 0 Å². The molecule has 0 saturated heterocycles. The molecular formula is C30H32N2O4. The number of nitrogens with zero attached hydrogens (tertiary/aromatic N) is 2. The minimum absolute atomic E-state index is 0.363. The van der Waals surface area contributed by atoms with Crippen molar-refractivity contribution in [3.8, 4) is 11.4 Å².